The van der Waals surface area contributed by atoms with Crippen molar-refractivity contribution in [1.29, 1.82) is 0 Å². The van der Waals surface area contributed by atoms with Crippen LogP contribution in [0.25, 0.3) is 0 Å². The fourth-order valence-electron chi connectivity index (χ4n) is 4.25. The van der Waals surface area contributed by atoms with Gasteiger partial charge in [-0.15, -0.1) is 0 Å². The summed E-state index contributed by atoms with van der Waals surface area (Å²) in [7, 11) is -3.28. The second-order valence-corrected chi connectivity index (χ2v) is 17.7. The van der Waals surface area contributed by atoms with Gasteiger partial charge in [0, 0.05) is 29.6 Å². The number of benzene rings is 2. The quantitative estimate of drug-likeness (QED) is 0.121. The summed E-state index contributed by atoms with van der Waals surface area (Å²) in [5.41, 5.74) is 1.71. The van der Waals surface area contributed by atoms with Crippen LogP contribution >= 0.6 is 0 Å². The van der Waals surface area contributed by atoms with E-state index in [4.69, 9.17) is 9.47 Å². The Hall–Kier alpha value is -3.03. The molecule has 0 radical (unpaired) electrons. The number of carbonyl (C=O) groups excluding carboxylic acids is 1. The zero-order valence-corrected chi connectivity index (χ0v) is 34.7. The number of hydrogen-bond donors (Lipinski definition) is 3. The summed E-state index contributed by atoms with van der Waals surface area (Å²) >= 11 is 0. The molecule has 0 spiro atoms. The zero-order valence-electron chi connectivity index (χ0n) is 33.9. The summed E-state index contributed by atoms with van der Waals surface area (Å²) in [6, 6.07) is 15.5. The molecule has 2 aromatic rings. The van der Waals surface area contributed by atoms with E-state index in [-0.39, 0.29) is 30.1 Å². The molecule has 1 amide bonds. The van der Waals surface area contributed by atoms with Crippen LogP contribution in [0.3, 0.4) is 0 Å². The van der Waals surface area contributed by atoms with E-state index in [0.717, 1.165) is 23.1 Å². The van der Waals surface area contributed by atoms with Crippen LogP contribution in [0.15, 0.2) is 61.2 Å². The highest BCUT2D eigenvalue weighted by molar-refractivity contribution is 7.86. The highest BCUT2D eigenvalue weighted by atomic mass is 32.2. The van der Waals surface area contributed by atoms with Crippen LogP contribution in [-0.4, -0.2) is 97.6 Å². The fraction of sp³-hybridized carbons (Fsp3) is 0.625. The van der Waals surface area contributed by atoms with Crippen LogP contribution in [0.4, 0.5) is 4.39 Å². The molecule has 3 N–H and O–H groups in total. The number of hydrogen-bond acceptors (Lipinski definition) is 9. The first-order valence-electron chi connectivity index (χ1n) is 17.6. The second-order valence-electron chi connectivity index (χ2n) is 16.2. The van der Waals surface area contributed by atoms with Crippen molar-refractivity contribution in [1.82, 2.24) is 10.2 Å². The Kier molecular flexibility index (Phi) is 20.4. The van der Waals surface area contributed by atoms with Gasteiger partial charge < -0.3 is 25.0 Å². The molecule has 2 atom stereocenters. The van der Waals surface area contributed by atoms with Gasteiger partial charge in [0.1, 0.15) is 37.5 Å². The maximum absolute atomic E-state index is 12.3. The monoisotopic (exact) mass is 754 g/mol. The third kappa shape index (κ3) is 23.5. The van der Waals surface area contributed by atoms with Crippen molar-refractivity contribution in [2.75, 3.05) is 39.2 Å². The number of nitrogens with one attached hydrogen (secondary N) is 1. The molecule has 0 saturated carbocycles. The van der Waals surface area contributed by atoms with Gasteiger partial charge in [0.2, 0.25) is 5.91 Å². The molecule has 0 bridgehead atoms. The van der Waals surface area contributed by atoms with E-state index in [9.17, 15) is 27.8 Å². The molecule has 1 aliphatic rings. The van der Waals surface area contributed by atoms with Crippen molar-refractivity contribution in [2.45, 2.75) is 124 Å². The van der Waals surface area contributed by atoms with Gasteiger partial charge in [-0.3, -0.25) is 13.9 Å². The summed E-state index contributed by atoms with van der Waals surface area (Å²) in [4.78, 5) is 13.0. The number of halogens is 1. The van der Waals surface area contributed by atoms with Crippen LogP contribution in [0.1, 0.15) is 101 Å². The lowest BCUT2D eigenvalue weighted by atomic mass is 9.78. The Labute approximate surface area is 313 Å². The predicted octanol–water partition coefficient (Wildman–Crippen LogP) is 6.82. The Bertz CT molecular complexity index is 1360. The van der Waals surface area contributed by atoms with Crippen molar-refractivity contribution >= 4 is 16.0 Å². The fourth-order valence-corrected chi connectivity index (χ4v) is 5.15. The first kappa shape index (κ1) is 49.0. The Morgan fingerprint density at radius 3 is 1.46 bits per heavy atom. The van der Waals surface area contributed by atoms with Crippen LogP contribution in [0, 0.1) is 0 Å². The highest BCUT2D eigenvalue weighted by Gasteiger charge is 2.29. The minimum Gasteiger partial charge on any atom is -0.491 e. The molecule has 0 aliphatic carbocycles. The summed E-state index contributed by atoms with van der Waals surface area (Å²) in [6.45, 7) is 29.1. The first-order chi connectivity index (χ1) is 23.6. The van der Waals surface area contributed by atoms with E-state index < -0.39 is 34.6 Å². The van der Waals surface area contributed by atoms with Crippen molar-refractivity contribution in [3.63, 3.8) is 0 Å². The summed E-state index contributed by atoms with van der Waals surface area (Å²) in [6.07, 6.45) is 1.43. The highest BCUT2D eigenvalue weighted by Crippen LogP contribution is 2.33. The molecule has 2 unspecified atom stereocenters. The van der Waals surface area contributed by atoms with Crippen molar-refractivity contribution in [3.8, 4) is 11.5 Å². The number of alkyl halides is 1. The Morgan fingerprint density at radius 2 is 1.25 bits per heavy atom. The van der Waals surface area contributed by atoms with Crippen molar-refractivity contribution in [2.24, 2.45) is 0 Å². The molecular formula is C40H67FN2O8S. The van der Waals surface area contributed by atoms with Gasteiger partial charge in [0.05, 0.1) is 18.0 Å². The third-order valence-electron chi connectivity index (χ3n) is 7.17. The van der Waals surface area contributed by atoms with Crippen LogP contribution in [0.5, 0.6) is 11.5 Å². The van der Waals surface area contributed by atoms with Gasteiger partial charge >= 0.3 is 0 Å². The number of nitrogens with zero attached hydrogens (tertiary/aromatic N) is 1. The maximum Gasteiger partial charge on any atom is 0.264 e. The maximum atomic E-state index is 12.3. The zero-order chi connectivity index (χ0) is 40.6. The van der Waals surface area contributed by atoms with E-state index in [2.05, 4.69) is 55.6 Å². The normalized spacial score (nSPS) is 14.5. The molecule has 2 aromatic carbocycles. The molecule has 1 aliphatic heterocycles. The largest absolute Gasteiger partial charge is 0.491 e. The second kappa shape index (κ2) is 21.6. The Balaban J connectivity index is 0.000000840. The van der Waals surface area contributed by atoms with Gasteiger partial charge in [-0.2, -0.15) is 8.42 Å². The topological polar surface area (TPSA) is 134 Å². The predicted molar refractivity (Wildman–Crippen MR) is 209 cm³/mol. The lowest BCUT2D eigenvalue weighted by Gasteiger charge is -2.26. The molecule has 12 heteroatoms. The van der Waals surface area contributed by atoms with E-state index in [0.29, 0.717) is 17.7 Å². The van der Waals surface area contributed by atoms with Gasteiger partial charge in [-0.25, -0.2) is 4.39 Å². The summed E-state index contributed by atoms with van der Waals surface area (Å²) < 4.78 is 48.7. The lowest BCUT2D eigenvalue weighted by molar-refractivity contribution is -0.117. The first-order valence-corrected chi connectivity index (χ1v) is 19.4. The van der Waals surface area contributed by atoms with Gasteiger partial charge in [0.15, 0.2) is 0 Å². The lowest BCUT2D eigenvalue weighted by Crippen LogP contribution is -2.39. The molecule has 52 heavy (non-hydrogen) atoms. The summed E-state index contributed by atoms with van der Waals surface area (Å²) in [5, 5.41) is 21.5. The average Bonchev–Trinajstić information content (AvgIpc) is 3.88. The summed E-state index contributed by atoms with van der Waals surface area (Å²) in [5.74, 6) is 1.21. The van der Waals surface area contributed by atoms with Crippen LogP contribution < -0.4 is 14.8 Å². The SMILES string of the molecule is C=CC(=O)NC(C)(C)C.CC(C)(C)N1CC1.CC(C)(C)OS(C)(=O)=O.CCC(O)COc1ccc(C(C)(C)c2ccc(OCC(O)CF)cc2)cc1. The number of aliphatic hydroxyl groups excluding tert-OH is 2. The molecule has 1 saturated heterocycles. The van der Waals surface area contributed by atoms with Gasteiger partial charge in [-0.05, 0) is 110 Å². The average molecular weight is 755 g/mol. The van der Waals surface area contributed by atoms with E-state index in [1.54, 1.807) is 20.8 Å². The molecule has 0 aromatic heterocycles. The third-order valence-corrected chi connectivity index (χ3v) is 7.97. The number of rotatable bonds is 12. The number of amides is 1. The number of ether oxygens (including phenoxy) is 2. The van der Waals surface area contributed by atoms with E-state index in [1.165, 1.54) is 19.2 Å². The van der Waals surface area contributed by atoms with E-state index in [1.807, 2.05) is 76.2 Å². The van der Waals surface area contributed by atoms with Gasteiger partial charge in [-0.1, -0.05) is 51.6 Å². The molecule has 298 valence electrons. The standard InChI is InChI=1S/C22H29FO4.C7H13NO.C6H13N.C5H12O3S/c1-4-18(24)14-26-20-9-5-16(6-10-20)22(2,3)17-7-11-21(12-8-17)27-15-19(25)13-23;1-5-6(9)8-7(2,3)4;1-6(2,3)7-4-5-7;1-5(2,3)8-9(4,6)7/h5-12,18-19,24-25H,4,13-15H2,1-3H3;5H,1H2,2-4H3,(H,8,9);4-5H2,1-3H3;1-4H3. The van der Waals surface area contributed by atoms with Crippen LogP contribution in [0.2, 0.25) is 0 Å². The minimum absolute atomic E-state index is 0.0621. The van der Waals surface area contributed by atoms with Crippen molar-refractivity contribution < 1.29 is 41.5 Å². The Morgan fingerprint density at radius 1 is 0.846 bits per heavy atom. The smallest absolute Gasteiger partial charge is 0.264 e. The molecule has 3 rings (SSSR count). The van der Waals surface area contributed by atoms with Crippen LogP contribution in [-0.2, 0) is 24.5 Å². The molecule has 1 fully saturated rings. The van der Waals surface area contributed by atoms with Gasteiger partial charge in [0.25, 0.3) is 10.1 Å². The van der Waals surface area contributed by atoms with E-state index >= 15 is 0 Å². The minimum atomic E-state index is -3.28. The number of aliphatic hydroxyl groups is 2. The number of carbonyl (C=O) groups is 1. The van der Waals surface area contributed by atoms with Crippen molar-refractivity contribution in [3.05, 3.63) is 72.3 Å². The molecular weight excluding hydrogens is 688 g/mol. The molecule has 1 heterocycles. The molecule has 10 nitrogen and oxygen atoms in total.